The second-order valence-electron chi connectivity index (χ2n) is 6.65. The summed E-state index contributed by atoms with van der Waals surface area (Å²) in [6.45, 7) is 7.09. The molecule has 1 fully saturated rings. The summed E-state index contributed by atoms with van der Waals surface area (Å²) in [4.78, 5) is 4.44. The molecule has 0 amide bonds. The number of hydrogen-bond donors (Lipinski definition) is 2. The number of rotatable bonds is 4. The van der Waals surface area contributed by atoms with Gasteiger partial charge in [0.1, 0.15) is 0 Å². The van der Waals surface area contributed by atoms with Gasteiger partial charge in [0.25, 0.3) is 0 Å². The Morgan fingerprint density at radius 1 is 1.25 bits per heavy atom. The maximum absolute atomic E-state index is 5.99. The van der Waals surface area contributed by atoms with Gasteiger partial charge in [0.2, 0.25) is 0 Å². The van der Waals surface area contributed by atoms with E-state index in [-0.39, 0.29) is 35.5 Å². The van der Waals surface area contributed by atoms with Crippen molar-refractivity contribution < 1.29 is 4.74 Å². The Bertz CT molecular complexity index is 281. The molecule has 0 bridgehead atoms. The van der Waals surface area contributed by atoms with Gasteiger partial charge in [-0.2, -0.15) is 0 Å². The first-order chi connectivity index (χ1) is 8.93. The average Bonchev–Trinajstić information content (AvgIpc) is 2.56. The van der Waals surface area contributed by atoms with Gasteiger partial charge in [0.05, 0.1) is 12.6 Å². The van der Waals surface area contributed by atoms with Gasteiger partial charge in [0, 0.05) is 13.2 Å². The molecule has 4 nitrogen and oxygen atoms in total. The fraction of sp³-hybridized carbons (Fsp3) is 0.933. The molecule has 3 N–H and O–H groups in total. The van der Waals surface area contributed by atoms with Gasteiger partial charge in [-0.25, -0.2) is 0 Å². The van der Waals surface area contributed by atoms with Crippen molar-refractivity contribution in [2.45, 2.75) is 71.4 Å². The molecule has 0 saturated heterocycles. The lowest BCUT2D eigenvalue weighted by atomic mass is 9.89. The Morgan fingerprint density at radius 2 is 1.80 bits per heavy atom. The maximum atomic E-state index is 5.99. The SMILES string of the molecule is COC(CN=C(N)NC1CCCCCC1)C(C)(C)C.I. The van der Waals surface area contributed by atoms with Crippen LogP contribution in [0, 0.1) is 5.41 Å². The average molecular weight is 397 g/mol. The molecule has 1 aliphatic rings. The van der Waals surface area contributed by atoms with Crippen LogP contribution < -0.4 is 11.1 Å². The predicted octanol–water partition coefficient (Wildman–Crippen LogP) is 3.29. The van der Waals surface area contributed by atoms with Crippen molar-refractivity contribution in [2.75, 3.05) is 13.7 Å². The van der Waals surface area contributed by atoms with E-state index in [9.17, 15) is 0 Å². The third kappa shape index (κ3) is 7.67. The molecule has 0 heterocycles. The summed E-state index contributed by atoms with van der Waals surface area (Å²) in [6.07, 6.45) is 7.82. The van der Waals surface area contributed by atoms with Crippen LogP contribution >= 0.6 is 24.0 Å². The van der Waals surface area contributed by atoms with Gasteiger partial charge >= 0.3 is 0 Å². The number of halogens is 1. The number of guanidine groups is 1. The van der Waals surface area contributed by atoms with Crippen LogP contribution in [0.1, 0.15) is 59.3 Å². The van der Waals surface area contributed by atoms with E-state index in [1.165, 1.54) is 38.5 Å². The summed E-state index contributed by atoms with van der Waals surface area (Å²) < 4.78 is 5.48. The standard InChI is InChI=1S/C15H31N3O.HI/c1-15(2,3)13(19-4)11-17-14(16)18-12-9-7-5-6-8-10-12;/h12-13H,5-11H2,1-4H3,(H3,16,17,18);1H. The van der Waals surface area contributed by atoms with Gasteiger partial charge in [-0.15, -0.1) is 24.0 Å². The molecule has 0 aliphatic heterocycles. The van der Waals surface area contributed by atoms with Crippen LogP contribution in [0.25, 0.3) is 0 Å². The zero-order valence-electron chi connectivity index (χ0n) is 13.4. The summed E-state index contributed by atoms with van der Waals surface area (Å²) in [7, 11) is 1.74. The highest BCUT2D eigenvalue weighted by atomic mass is 127. The molecule has 0 aromatic rings. The first-order valence-electron chi connectivity index (χ1n) is 7.52. The van der Waals surface area contributed by atoms with Crippen LogP contribution in [0.2, 0.25) is 0 Å². The molecule has 1 unspecified atom stereocenters. The second-order valence-corrected chi connectivity index (χ2v) is 6.65. The topological polar surface area (TPSA) is 59.6 Å². The first kappa shape index (κ1) is 20.0. The minimum absolute atomic E-state index is 0. The Morgan fingerprint density at radius 3 is 2.25 bits per heavy atom. The van der Waals surface area contributed by atoms with Crippen LogP contribution in [0.4, 0.5) is 0 Å². The molecule has 1 aliphatic carbocycles. The van der Waals surface area contributed by atoms with E-state index in [2.05, 4.69) is 31.1 Å². The Kier molecular flexibility index (Phi) is 9.80. The van der Waals surface area contributed by atoms with E-state index in [0.29, 0.717) is 18.5 Å². The van der Waals surface area contributed by atoms with E-state index in [0.717, 1.165) is 0 Å². The number of aliphatic imine (C=N–C) groups is 1. The van der Waals surface area contributed by atoms with Crippen LogP contribution in [0.15, 0.2) is 4.99 Å². The number of methoxy groups -OCH3 is 1. The number of nitrogens with one attached hydrogen (secondary N) is 1. The summed E-state index contributed by atoms with van der Waals surface area (Å²) >= 11 is 0. The first-order valence-corrected chi connectivity index (χ1v) is 7.52. The number of ether oxygens (including phenoxy) is 1. The number of nitrogens with zero attached hydrogens (tertiary/aromatic N) is 1. The molecular weight excluding hydrogens is 365 g/mol. The summed E-state index contributed by atoms with van der Waals surface area (Å²) in [6, 6.07) is 0.502. The zero-order valence-corrected chi connectivity index (χ0v) is 15.8. The van der Waals surface area contributed by atoms with Gasteiger partial charge in [0.15, 0.2) is 5.96 Å². The quantitative estimate of drug-likeness (QED) is 0.331. The van der Waals surface area contributed by atoms with Crippen molar-refractivity contribution in [3.05, 3.63) is 0 Å². The lowest BCUT2D eigenvalue weighted by Gasteiger charge is -2.28. The van der Waals surface area contributed by atoms with Crippen molar-refractivity contribution in [3.8, 4) is 0 Å². The van der Waals surface area contributed by atoms with Crippen molar-refractivity contribution in [1.29, 1.82) is 0 Å². The Labute approximate surface area is 141 Å². The third-order valence-corrected chi connectivity index (χ3v) is 3.89. The minimum Gasteiger partial charge on any atom is -0.379 e. The monoisotopic (exact) mass is 397 g/mol. The zero-order chi connectivity index (χ0) is 14.3. The molecule has 5 heteroatoms. The largest absolute Gasteiger partial charge is 0.379 e. The van der Waals surface area contributed by atoms with E-state index < -0.39 is 0 Å². The number of hydrogen-bond acceptors (Lipinski definition) is 2. The molecule has 0 aromatic carbocycles. The van der Waals surface area contributed by atoms with Crippen molar-refractivity contribution >= 4 is 29.9 Å². The van der Waals surface area contributed by atoms with Gasteiger partial charge < -0.3 is 15.8 Å². The lowest BCUT2D eigenvalue weighted by Crippen LogP contribution is -2.41. The van der Waals surface area contributed by atoms with Crippen molar-refractivity contribution in [2.24, 2.45) is 16.1 Å². The molecular formula is C15H32IN3O. The van der Waals surface area contributed by atoms with Crippen LogP contribution in [0.3, 0.4) is 0 Å². The van der Waals surface area contributed by atoms with E-state index in [1.54, 1.807) is 7.11 Å². The fourth-order valence-corrected chi connectivity index (χ4v) is 2.56. The highest BCUT2D eigenvalue weighted by Gasteiger charge is 2.24. The lowest BCUT2D eigenvalue weighted by molar-refractivity contribution is 0.0241. The Balaban J connectivity index is 0.00000361. The number of nitrogens with two attached hydrogens (primary N) is 1. The van der Waals surface area contributed by atoms with Gasteiger partial charge in [-0.05, 0) is 18.3 Å². The molecule has 0 aromatic heterocycles. The summed E-state index contributed by atoms with van der Waals surface area (Å²) in [5.41, 5.74) is 6.07. The smallest absolute Gasteiger partial charge is 0.188 e. The molecule has 0 radical (unpaired) electrons. The highest BCUT2D eigenvalue weighted by Crippen LogP contribution is 2.22. The Hall–Kier alpha value is -0.0400. The molecule has 120 valence electrons. The van der Waals surface area contributed by atoms with Crippen LogP contribution in [-0.2, 0) is 4.74 Å². The van der Waals surface area contributed by atoms with Gasteiger partial charge in [-0.3, -0.25) is 4.99 Å². The van der Waals surface area contributed by atoms with E-state index in [1.807, 2.05) is 0 Å². The third-order valence-electron chi connectivity index (χ3n) is 3.89. The minimum atomic E-state index is 0. The fourth-order valence-electron chi connectivity index (χ4n) is 2.56. The van der Waals surface area contributed by atoms with Crippen molar-refractivity contribution in [1.82, 2.24) is 5.32 Å². The normalized spacial score (nSPS) is 19.9. The summed E-state index contributed by atoms with van der Waals surface area (Å²) in [5.74, 6) is 0.568. The molecule has 1 rings (SSSR count). The predicted molar refractivity (Wildman–Crippen MR) is 96.8 cm³/mol. The maximum Gasteiger partial charge on any atom is 0.188 e. The molecule has 0 spiro atoms. The molecule has 1 atom stereocenters. The highest BCUT2D eigenvalue weighted by molar-refractivity contribution is 14.0. The van der Waals surface area contributed by atoms with E-state index >= 15 is 0 Å². The van der Waals surface area contributed by atoms with Gasteiger partial charge in [-0.1, -0.05) is 46.5 Å². The van der Waals surface area contributed by atoms with Crippen LogP contribution in [0.5, 0.6) is 0 Å². The van der Waals surface area contributed by atoms with E-state index in [4.69, 9.17) is 10.5 Å². The van der Waals surface area contributed by atoms with Crippen molar-refractivity contribution in [3.63, 3.8) is 0 Å². The molecule has 1 saturated carbocycles. The van der Waals surface area contributed by atoms with Crippen LogP contribution in [-0.4, -0.2) is 31.8 Å². The second kappa shape index (κ2) is 9.82. The summed E-state index contributed by atoms with van der Waals surface area (Å²) in [5, 5.41) is 3.36. The molecule has 20 heavy (non-hydrogen) atoms.